The molecule has 0 unspecified atom stereocenters. The summed E-state index contributed by atoms with van der Waals surface area (Å²) >= 11 is 0. The quantitative estimate of drug-likeness (QED) is 0.210. The van der Waals surface area contributed by atoms with Gasteiger partial charge >= 0.3 is 0 Å². The zero-order valence-corrected chi connectivity index (χ0v) is 6.59. The van der Waals surface area contributed by atoms with Crippen LogP contribution in [0.3, 0.4) is 0 Å². The van der Waals surface area contributed by atoms with E-state index >= 15 is 0 Å². The largest absolute Gasteiger partial charge is 0.469 e. The van der Waals surface area contributed by atoms with Crippen LogP contribution in [0.1, 0.15) is 20.8 Å². The van der Waals surface area contributed by atoms with E-state index < -0.39 is 5.60 Å². The summed E-state index contributed by atoms with van der Waals surface area (Å²) in [6.45, 7) is 8.79. The molecule has 1 N–H and O–H groups in total. The summed E-state index contributed by atoms with van der Waals surface area (Å²) in [6.07, 6.45) is 1.64. The van der Waals surface area contributed by atoms with E-state index in [9.17, 15) is 0 Å². The topological polar surface area (TPSA) is 41.8 Å². The van der Waals surface area contributed by atoms with E-state index in [2.05, 4.69) is 11.7 Å². The Kier molecular flexibility index (Phi) is 2.93. The van der Waals surface area contributed by atoms with E-state index in [1.165, 1.54) is 0 Å². The van der Waals surface area contributed by atoms with Gasteiger partial charge in [0.15, 0.2) is 0 Å². The minimum absolute atomic E-state index is 0.241. The molecule has 0 amide bonds. The summed E-state index contributed by atoms with van der Waals surface area (Å²) in [7, 11) is 0. The van der Waals surface area contributed by atoms with Gasteiger partial charge in [0, 0.05) is 6.92 Å². The van der Waals surface area contributed by atoms with Gasteiger partial charge < -0.3 is 9.94 Å². The Labute approximate surface area is 61.0 Å². The first-order valence-electron chi connectivity index (χ1n) is 3.03. The second-order valence-electron chi connectivity index (χ2n) is 2.53. The Balaban J connectivity index is 4.01. The van der Waals surface area contributed by atoms with Crippen LogP contribution in [-0.2, 0) is 4.74 Å². The summed E-state index contributed by atoms with van der Waals surface area (Å²) < 4.78 is 5.12. The summed E-state index contributed by atoms with van der Waals surface area (Å²) in [4.78, 5) is 0. The van der Waals surface area contributed by atoms with Crippen LogP contribution >= 0.6 is 0 Å². The molecule has 0 aliphatic carbocycles. The maximum atomic E-state index is 8.22. The lowest BCUT2D eigenvalue weighted by molar-refractivity contribution is 0.135. The van der Waals surface area contributed by atoms with Gasteiger partial charge in [0.05, 0.1) is 0 Å². The van der Waals surface area contributed by atoms with Gasteiger partial charge in [-0.1, -0.05) is 11.7 Å². The van der Waals surface area contributed by atoms with Crippen LogP contribution in [0.15, 0.2) is 17.8 Å². The van der Waals surface area contributed by atoms with Gasteiger partial charge in [0.25, 0.3) is 0 Å². The minimum atomic E-state index is -0.462. The molecule has 0 radical (unpaired) electrons. The Morgan fingerprint density at radius 3 is 2.50 bits per heavy atom. The van der Waals surface area contributed by atoms with E-state index in [1.807, 2.05) is 13.8 Å². The summed E-state index contributed by atoms with van der Waals surface area (Å²) in [6, 6.07) is 0. The molecular formula is C7H13NO2. The van der Waals surface area contributed by atoms with Crippen molar-refractivity contribution in [3.63, 3.8) is 0 Å². The molecule has 0 saturated heterocycles. The molecule has 0 aromatic carbocycles. The number of oxime groups is 1. The molecule has 0 aliphatic heterocycles. The Hall–Kier alpha value is -0.990. The molecule has 0 heterocycles. The first-order valence-corrected chi connectivity index (χ1v) is 3.03. The predicted octanol–water partition coefficient (Wildman–Crippen LogP) is 1.78. The molecule has 3 nitrogen and oxygen atoms in total. The lowest BCUT2D eigenvalue weighted by Gasteiger charge is -2.20. The van der Waals surface area contributed by atoms with Gasteiger partial charge in [0.2, 0.25) is 5.90 Å². The van der Waals surface area contributed by atoms with Gasteiger partial charge in [-0.25, -0.2) is 0 Å². The van der Waals surface area contributed by atoms with Crippen molar-refractivity contribution in [1.29, 1.82) is 0 Å². The zero-order valence-electron chi connectivity index (χ0n) is 6.59. The van der Waals surface area contributed by atoms with Crippen LogP contribution < -0.4 is 0 Å². The van der Waals surface area contributed by atoms with Gasteiger partial charge in [-0.15, -0.1) is 0 Å². The van der Waals surface area contributed by atoms with Crippen molar-refractivity contribution >= 4 is 5.90 Å². The lowest BCUT2D eigenvalue weighted by atomic mass is 10.1. The fourth-order valence-electron chi connectivity index (χ4n) is 0.443. The maximum Gasteiger partial charge on any atom is 0.223 e. The smallest absolute Gasteiger partial charge is 0.223 e. The lowest BCUT2D eigenvalue weighted by Crippen LogP contribution is -2.23. The SMILES string of the molecule is C=CC(C)(C)OC(C)=NO. The van der Waals surface area contributed by atoms with Crippen molar-refractivity contribution in [2.45, 2.75) is 26.4 Å². The molecule has 0 aromatic rings. The highest BCUT2D eigenvalue weighted by atomic mass is 16.5. The third-order valence-electron chi connectivity index (χ3n) is 1.04. The van der Waals surface area contributed by atoms with Crippen molar-refractivity contribution in [2.24, 2.45) is 5.16 Å². The predicted molar refractivity (Wildman–Crippen MR) is 40.3 cm³/mol. The van der Waals surface area contributed by atoms with Crippen molar-refractivity contribution in [3.8, 4) is 0 Å². The van der Waals surface area contributed by atoms with E-state index in [4.69, 9.17) is 9.94 Å². The monoisotopic (exact) mass is 143 g/mol. The highest BCUT2D eigenvalue weighted by molar-refractivity contribution is 5.72. The average molecular weight is 143 g/mol. The normalized spacial score (nSPS) is 12.9. The third kappa shape index (κ3) is 3.12. The minimum Gasteiger partial charge on any atom is -0.469 e. The van der Waals surface area contributed by atoms with Crippen LogP contribution in [0.5, 0.6) is 0 Å². The fourth-order valence-corrected chi connectivity index (χ4v) is 0.443. The molecule has 0 rings (SSSR count). The standard InChI is InChI=1S/C7H13NO2/c1-5-7(3,4)10-6(2)8-9/h5,9H,1H2,2-4H3. The first-order chi connectivity index (χ1) is 4.52. The molecule has 3 heteroatoms. The fraction of sp³-hybridized carbons (Fsp3) is 0.571. The first kappa shape index (κ1) is 9.01. The summed E-state index contributed by atoms with van der Waals surface area (Å²) in [5.41, 5.74) is -0.462. The highest BCUT2D eigenvalue weighted by Gasteiger charge is 2.14. The molecule has 0 aliphatic rings. The molecule has 58 valence electrons. The van der Waals surface area contributed by atoms with Gasteiger partial charge in [-0.05, 0) is 19.9 Å². The summed E-state index contributed by atoms with van der Waals surface area (Å²) in [5.74, 6) is 0.241. The second kappa shape index (κ2) is 3.25. The van der Waals surface area contributed by atoms with Crippen molar-refractivity contribution < 1.29 is 9.94 Å². The van der Waals surface area contributed by atoms with Crippen molar-refractivity contribution in [2.75, 3.05) is 0 Å². The third-order valence-corrected chi connectivity index (χ3v) is 1.04. The average Bonchev–Trinajstić information content (AvgIpc) is 1.87. The molecule has 0 aromatic heterocycles. The van der Waals surface area contributed by atoms with E-state index in [-0.39, 0.29) is 5.90 Å². The van der Waals surface area contributed by atoms with E-state index in [0.717, 1.165) is 0 Å². The Morgan fingerprint density at radius 1 is 1.70 bits per heavy atom. The van der Waals surface area contributed by atoms with Crippen LogP contribution in [-0.4, -0.2) is 16.7 Å². The number of nitrogens with zero attached hydrogens (tertiary/aromatic N) is 1. The second-order valence-corrected chi connectivity index (χ2v) is 2.53. The number of hydrogen-bond acceptors (Lipinski definition) is 3. The zero-order chi connectivity index (χ0) is 8.20. The van der Waals surface area contributed by atoms with Gasteiger partial charge in [-0.2, -0.15) is 0 Å². The van der Waals surface area contributed by atoms with Crippen LogP contribution in [0.4, 0.5) is 0 Å². The van der Waals surface area contributed by atoms with Gasteiger partial charge in [0.1, 0.15) is 5.60 Å². The number of rotatable bonds is 2. The van der Waals surface area contributed by atoms with Crippen LogP contribution in [0, 0.1) is 0 Å². The number of hydrogen-bond donors (Lipinski definition) is 1. The molecule has 0 spiro atoms. The van der Waals surface area contributed by atoms with Crippen molar-refractivity contribution in [1.82, 2.24) is 0 Å². The Morgan fingerprint density at radius 2 is 2.20 bits per heavy atom. The van der Waals surface area contributed by atoms with E-state index in [0.29, 0.717) is 0 Å². The molecule has 0 saturated carbocycles. The molecule has 0 fully saturated rings. The van der Waals surface area contributed by atoms with Gasteiger partial charge in [-0.3, -0.25) is 0 Å². The van der Waals surface area contributed by atoms with Crippen LogP contribution in [0.25, 0.3) is 0 Å². The molecular weight excluding hydrogens is 130 g/mol. The molecule has 0 atom stereocenters. The maximum absolute atomic E-state index is 8.22. The Bertz CT molecular complexity index is 150. The summed E-state index contributed by atoms with van der Waals surface area (Å²) in [5, 5.41) is 11.1. The highest BCUT2D eigenvalue weighted by Crippen LogP contribution is 2.09. The van der Waals surface area contributed by atoms with Crippen molar-refractivity contribution in [3.05, 3.63) is 12.7 Å². The number of ether oxygens (including phenoxy) is 1. The molecule has 0 bridgehead atoms. The van der Waals surface area contributed by atoms with Crippen LogP contribution in [0.2, 0.25) is 0 Å². The molecule has 10 heavy (non-hydrogen) atoms. The van der Waals surface area contributed by atoms with E-state index in [1.54, 1.807) is 13.0 Å².